The number of thiazole rings is 2. The SMILES string of the molecule is COCCn1nc(C)c(-c2nc(-c3csc(NC4=NCCCN4)n3)cs2)c1C. The summed E-state index contributed by atoms with van der Waals surface area (Å²) in [6.07, 6.45) is 1.07. The fourth-order valence-corrected chi connectivity index (χ4v) is 4.74. The Balaban J connectivity index is 1.54. The van der Waals surface area contributed by atoms with Crippen LogP contribution in [-0.4, -0.2) is 52.5 Å². The number of hydrogen-bond acceptors (Lipinski definition) is 9. The standard InChI is InChI=1S/C18H23N7OS2/c1-11-15(12(2)25(24-11)7-8-26-3)16-21-13(9-27-16)14-10-28-18(22-14)23-17-19-5-4-6-20-17/h9-10H,4-8H2,1-3H3,(H2,19,20,22,23). The molecule has 0 saturated heterocycles. The number of methoxy groups -OCH3 is 1. The molecule has 8 nitrogen and oxygen atoms in total. The Hall–Kier alpha value is -2.30. The normalized spacial score (nSPS) is 14.0. The Morgan fingerprint density at radius 3 is 2.82 bits per heavy atom. The van der Waals surface area contributed by atoms with Crippen LogP contribution in [0.5, 0.6) is 0 Å². The van der Waals surface area contributed by atoms with Crippen LogP contribution < -0.4 is 10.6 Å². The molecule has 4 heterocycles. The molecule has 0 fully saturated rings. The zero-order chi connectivity index (χ0) is 19.5. The Labute approximate surface area is 171 Å². The molecule has 28 heavy (non-hydrogen) atoms. The lowest BCUT2D eigenvalue weighted by Crippen LogP contribution is -2.35. The number of hydrogen-bond donors (Lipinski definition) is 2. The average molecular weight is 418 g/mol. The van der Waals surface area contributed by atoms with E-state index in [1.54, 1.807) is 29.8 Å². The molecule has 1 aliphatic rings. The number of ether oxygens (including phenoxy) is 1. The van der Waals surface area contributed by atoms with Gasteiger partial charge in [-0.05, 0) is 20.3 Å². The second-order valence-electron chi connectivity index (χ2n) is 6.47. The fraction of sp³-hybridized carbons (Fsp3) is 0.444. The van der Waals surface area contributed by atoms with Crippen molar-refractivity contribution in [2.24, 2.45) is 4.99 Å². The molecule has 0 radical (unpaired) electrons. The second kappa shape index (κ2) is 8.38. The van der Waals surface area contributed by atoms with Crippen LogP contribution in [0.1, 0.15) is 17.8 Å². The summed E-state index contributed by atoms with van der Waals surface area (Å²) in [7, 11) is 1.70. The molecule has 148 valence electrons. The number of aliphatic imine (C=N–C) groups is 1. The van der Waals surface area contributed by atoms with Crippen molar-refractivity contribution < 1.29 is 4.74 Å². The highest BCUT2D eigenvalue weighted by molar-refractivity contribution is 7.14. The van der Waals surface area contributed by atoms with Gasteiger partial charge in [0.05, 0.1) is 24.4 Å². The largest absolute Gasteiger partial charge is 0.383 e. The summed E-state index contributed by atoms with van der Waals surface area (Å²) in [5.41, 5.74) is 4.94. The quantitative estimate of drug-likeness (QED) is 0.640. The smallest absolute Gasteiger partial charge is 0.197 e. The molecule has 0 amide bonds. The van der Waals surface area contributed by atoms with Gasteiger partial charge in [-0.25, -0.2) is 9.97 Å². The van der Waals surface area contributed by atoms with E-state index in [0.717, 1.165) is 70.5 Å². The maximum atomic E-state index is 5.17. The zero-order valence-electron chi connectivity index (χ0n) is 16.2. The van der Waals surface area contributed by atoms with Gasteiger partial charge in [0.2, 0.25) is 0 Å². The van der Waals surface area contributed by atoms with E-state index in [2.05, 4.69) is 38.0 Å². The Bertz CT molecular complexity index is 988. The molecular weight excluding hydrogens is 394 g/mol. The monoisotopic (exact) mass is 417 g/mol. The summed E-state index contributed by atoms with van der Waals surface area (Å²) >= 11 is 3.17. The maximum Gasteiger partial charge on any atom is 0.197 e. The highest BCUT2D eigenvalue weighted by atomic mass is 32.1. The van der Waals surface area contributed by atoms with Gasteiger partial charge in [-0.2, -0.15) is 5.10 Å². The van der Waals surface area contributed by atoms with Crippen molar-refractivity contribution in [3.63, 3.8) is 0 Å². The molecule has 3 aromatic heterocycles. The van der Waals surface area contributed by atoms with E-state index in [1.807, 2.05) is 17.0 Å². The van der Waals surface area contributed by atoms with Crippen LogP contribution in [-0.2, 0) is 11.3 Å². The first-order valence-electron chi connectivity index (χ1n) is 9.16. The molecule has 0 aliphatic carbocycles. The maximum absolute atomic E-state index is 5.17. The van der Waals surface area contributed by atoms with Crippen molar-refractivity contribution in [1.82, 2.24) is 25.1 Å². The van der Waals surface area contributed by atoms with Gasteiger partial charge in [0.1, 0.15) is 16.4 Å². The van der Waals surface area contributed by atoms with Crippen molar-refractivity contribution in [3.8, 4) is 22.0 Å². The van der Waals surface area contributed by atoms with Crippen LogP contribution in [0.25, 0.3) is 22.0 Å². The molecule has 10 heteroatoms. The lowest BCUT2D eigenvalue weighted by atomic mass is 10.2. The van der Waals surface area contributed by atoms with Gasteiger partial charge in [0.25, 0.3) is 0 Å². The van der Waals surface area contributed by atoms with Crippen LogP contribution >= 0.6 is 22.7 Å². The van der Waals surface area contributed by atoms with Crippen molar-refractivity contribution in [2.45, 2.75) is 26.8 Å². The molecule has 0 aromatic carbocycles. The minimum absolute atomic E-state index is 0.638. The first-order chi connectivity index (χ1) is 13.7. The molecule has 0 atom stereocenters. The molecule has 0 bridgehead atoms. The van der Waals surface area contributed by atoms with Crippen molar-refractivity contribution in [3.05, 3.63) is 22.1 Å². The average Bonchev–Trinajstić information content (AvgIpc) is 3.41. The molecule has 1 aliphatic heterocycles. The summed E-state index contributed by atoms with van der Waals surface area (Å²) < 4.78 is 7.16. The minimum atomic E-state index is 0.638. The van der Waals surface area contributed by atoms with E-state index < -0.39 is 0 Å². The molecule has 3 aromatic rings. The van der Waals surface area contributed by atoms with Gasteiger partial charge in [-0.1, -0.05) is 0 Å². The lowest BCUT2D eigenvalue weighted by molar-refractivity contribution is 0.182. The summed E-state index contributed by atoms with van der Waals surface area (Å²) in [6.45, 7) is 7.26. The molecule has 4 rings (SSSR count). The van der Waals surface area contributed by atoms with E-state index in [4.69, 9.17) is 9.72 Å². The van der Waals surface area contributed by atoms with Crippen LogP contribution in [0.4, 0.5) is 5.13 Å². The highest BCUT2D eigenvalue weighted by Gasteiger charge is 2.18. The summed E-state index contributed by atoms with van der Waals surface area (Å²) in [5.74, 6) is 0.792. The number of rotatable bonds is 6. The van der Waals surface area contributed by atoms with Crippen molar-refractivity contribution in [1.29, 1.82) is 0 Å². The van der Waals surface area contributed by atoms with Gasteiger partial charge >= 0.3 is 0 Å². The third-order valence-corrected chi connectivity index (χ3v) is 6.11. The molecule has 2 N–H and O–H groups in total. The summed E-state index contributed by atoms with van der Waals surface area (Å²) in [5, 5.41) is 17.0. The van der Waals surface area contributed by atoms with Crippen molar-refractivity contribution >= 4 is 33.8 Å². The predicted molar refractivity (Wildman–Crippen MR) is 114 cm³/mol. The molecular formula is C18H23N7OS2. The van der Waals surface area contributed by atoms with Crippen LogP contribution in [0.3, 0.4) is 0 Å². The number of nitrogens with zero attached hydrogens (tertiary/aromatic N) is 5. The van der Waals surface area contributed by atoms with Crippen LogP contribution in [0.15, 0.2) is 15.8 Å². The van der Waals surface area contributed by atoms with E-state index in [-0.39, 0.29) is 0 Å². The first kappa shape index (κ1) is 19.0. The predicted octanol–water partition coefficient (Wildman–Crippen LogP) is 3.15. The number of aromatic nitrogens is 4. The Kier molecular flexibility index (Phi) is 5.69. The Morgan fingerprint density at radius 2 is 2.04 bits per heavy atom. The molecule has 0 spiro atoms. The van der Waals surface area contributed by atoms with Gasteiger partial charge < -0.3 is 15.4 Å². The number of aryl methyl sites for hydroxylation is 1. The second-order valence-corrected chi connectivity index (χ2v) is 8.19. The number of anilines is 1. The lowest BCUT2D eigenvalue weighted by Gasteiger charge is -2.13. The van der Waals surface area contributed by atoms with Gasteiger partial charge in [0, 0.05) is 36.7 Å². The summed E-state index contributed by atoms with van der Waals surface area (Å²) in [6, 6.07) is 0. The topological polar surface area (TPSA) is 89.2 Å². The van der Waals surface area contributed by atoms with Gasteiger partial charge in [0.15, 0.2) is 11.1 Å². The van der Waals surface area contributed by atoms with Gasteiger partial charge in [-0.3, -0.25) is 9.67 Å². The van der Waals surface area contributed by atoms with E-state index in [9.17, 15) is 0 Å². The van der Waals surface area contributed by atoms with Crippen LogP contribution in [0.2, 0.25) is 0 Å². The van der Waals surface area contributed by atoms with Crippen LogP contribution in [0, 0.1) is 13.8 Å². The molecule has 0 unspecified atom stereocenters. The first-order valence-corrected chi connectivity index (χ1v) is 10.9. The zero-order valence-corrected chi connectivity index (χ0v) is 17.8. The summed E-state index contributed by atoms with van der Waals surface area (Å²) in [4.78, 5) is 13.9. The number of guanidine groups is 1. The van der Waals surface area contributed by atoms with E-state index in [0.29, 0.717) is 6.61 Å². The van der Waals surface area contributed by atoms with Gasteiger partial charge in [-0.15, -0.1) is 22.7 Å². The van der Waals surface area contributed by atoms with Crippen molar-refractivity contribution in [2.75, 3.05) is 32.1 Å². The van der Waals surface area contributed by atoms with E-state index >= 15 is 0 Å². The highest BCUT2D eigenvalue weighted by Crippen LogP contribution is 2.33. The molecule has 0 saturated carbocycles. The third-order valence-electron chi connectivity index (χ3n) is 4.50. The minimum Gasteiger partial charge on any atom is -0.383 e. The third kappa shape index (κ3) is 3.94. The fourth-order valence-electron chi connectivity index (χ4n) is 3.07. The number of nitrogens with one attached hydrogen (secondary N) is 2. The van der Waals surface area contributed by atoms with E-state index in [1.165, 1.54) is 0 Å². The Morgan fingerprint density at radius 1 is 1.21 bits per heavy atom.